The number of nitriles is 1. The zero-order valence-electron chi connectivity index (χ0n) is 15.1. The number of aliphatic hydroxyl groups excluding tert-OH is 1. The van der Waals surface area contributed by atoms with E-state index in [1.807, 2.05) is 23.1 Å². The molecule has 5 nitrogen and oxygen atoms in total. The van der Waals surface area contributed by atoms with Crippen LogP contribution in [0.5, 0.6) is 0 Å². The molecule has 5 heteroatoms. The summed E-state index contributed by atoms with van der Waals surface area (Å²) in [7, 11) is 0. The maximum absolute atomic E-state index is 12.9. The van der Waals surface area contributed by atoms with Crippen molar-refractivity contribution >= 4 is 5.91 Å². The molecular formula is C21H25N3O2. The fourth-order valence-electron chi connectivity index (χ4n) is 3.77. The highest BCUT2D eigenvalue weighted by atomic mass is 16.3. The van der Waals surface area contributed by atoms with Crippen molar-refractivity contribution in [2.45, 2.75) is 38.3 Å². The summed E-state index contributed by atoms with van der Waals surface area (Å²) in [6.45, 7) is 2.91. The lowest BCUT2D eigenvalue weighted by molar-refractivity contribution is -0.132. The molecule has 1 aliphatic carbocycles. The van der Waals surface area contributed by atoms with E-state index in [0.717, 1.165) is 30.4 Å². The first-order valence-corrected chi connectivity index (χ1v) is 9.17. The summed E-state index contributed by atoms with van der Waals surface area (Å²) in [5, 5.41) is 22.0. The number of nitrogens with one attached hydrogen (secondary N) is 1. The third kappa shape index (κ3) is 3.87. The van der Waals surface area contributed by atoms with Gasteiger partial charge in [0.25, 0.3) is 0 Å². The molecule has 0 saturated heterocycles. The molecule has 136 valence electrons. The molecule has 0 spiro atoms. The van der Waals surface area contributed by atoms with E-state index < -0.39 is 6.10 Å². The molecule has 2 atom stereocenters. The van der Waals surface area contributed by atoms with E-state index in [0.29, 0.717) is 18.7 Å². The second-order valence-corrected chi connectivity index (χ2v) is 6.92. The highest BCUT2D eigenvalue weighted by molar-refractivity contribution is 5.80. The van der Waals surface area contributed by atoms with Crippen LogP contribution in [-0.2, 0) is 11.2 Å². The van der Waals surface area contributed by atoms with E-state index >= 15 is 0 Å². The van der Waals surface area contributed by atoms with E-state index in [-0.39, 0.29) is 18.5 Å². The van der Waals surface area contributed by atoms with Gasteiger partial charge in [0.2, 0.25) is 5.91 Å². The number of allylic oxidation sites excluding steroid dienone is 3. The summed E-state index contributed by atoms with van der Waals surface area (Å²) in [6.07, 6.45) is 8.36. The molecule has 1 aromatic rings. The molecular weight excluding hydrogens is 326 g/mol. The van der Waals surface area contributed by atoms with E-state index in [1.165, 1.54) is 5.57 Å². The number of nitrogens with zero attached hydrogens (tertiary/aromatic N) is 2. The SMILES string of the molecule is C[C@@H](O)CNCC(=O)N1CCc2cccc(C#N)c2C1C1=CC=CCC1. The summed E-state index contributed by atoms with van der Waals surface area (Å²) < 4.78 is 0. The highest BCUT2D eigenvalue weighted by Crippen LogP contribution is 2.39. The Balaban J connectivity index is 1.94. The van der Waals surface area contributed by atoms with Crippen molar-refractivity contribution in [2.75, 3.05) is 19.6 Å². The van der Waals surface area contributed by atoms with Crippen LogP contribution in [0.25, 0.3) is 0 Å². The molecule has 0 fully saturated rings. The quantitative estimate of drug-likeness (QED) is 0.853. The minimum atomic E-state index is -0.489. The zero-order chi connectivity index (χ0) is 18.5. The molecule has 26 heavy (non-hydrogen) atoms. The fourth-order valence-corrected chi connectivity index (χ4v) is 3.77. The second-order valence-electron chi connectivity index (χ2n) is 6.92. The Bertz CT molecular complexity index is 774. The Kier molecular flexibility index (Phi) is 5.87. The minimum Gasteiger partial charge on any atom is -0.392 e. The average Bonchev–Trinajstić information content (AvgIpc) is 2.66. The van der Waals surface area contributed by atoms with E-state index in [9.17, 15) is 15.2 Å². The standard InChI is InChI=1S/C21H25N3O2/c1-15(25)13-23-14-19(26)24-11-10-16-8-5-9-18(12-22)20(16)21(24)17-6-3-2-4-7-17/h2-3,5-6,8-9,15,21,23,25H,4,7,10-11,13-14H2,1H3/t15-,21?/m1/s1. The molecule has 1 aromatic carbocycles. The molecule has 1 aliphatic heterocycles. The predicted octanol–water partition coefficient (Wildman–Crippen LogP) is 2.23. The zero-order valence-corrected chi connectivity index (χ0v) is 15.1. The van der Waals surface area contributed by atoms with Gasteiger partial charge in [-0.25, -0.2) is 0 Å². The molecule has 3 rings (SSSR count). The topological polar surface area (TPSA) is 76.4 Å². The summed E-state index contributed by atoms with van der Waals surface area (Å²) in [5.74, 6) is 0.00416. The summed E-state index contributed by atoms with van der Waals surface area (Å²) >= 11 is 0. The number of hydrogen-bond donors (Lipinski definition) is 2. The lowest BCUT2D eigenvalue weighted by atomic mass is 9.82. The number of rotatable bonds is 5. The summed E-state index contributed by atoms with van der Waals surface area (Å²) in [6, 6.07) is 7.95. The van der Waals surface area contributed by atoms with Crippen molar-refractivity contribution in [1.29, 1.82) is 5.26 Å². The third-order valence-electron chi connectivity index (χ3n) is 4.96. The van der Waals surface area contributed by atoms with Gasteiger partial charge >= 0.3 is 0 Å². The van der Waals surface area contributed by atoms with Gasteiger partial charge in [0.05, 0.1) is 30.3 Å². The van der Waals surface area contributed by atoms with Crippen LogP contribution in [-0.4, -0.2) is 41.7 Å². The number of hydrogen-bond acceptors (Lipinski definition) is 4. The third-order valence-corrected chi connectivity index (χ3v) is 4.96. The molecule has 0 saturated carbocycles. The Morgan fingerprint density at radius 3 is 3.00 bits per heavy atom. The van der Waals surface area contributed by atoms with Gasteiger partial charge in [0, 0.05) is 13.1 Å². The van der Waals surface area contributed by atoms with Gasteiger partial charge in [-0.15, -0.1) is 0 Å². The first kappa shape index (κ1) is 18.4. The highest BCUT2D eigenvalue weighted by Gasteiger charge is 2.34. The first-order valence-electron chi connectivity index (χ1n) is 9.17. The molecule has 1 unspecified atom stereocenters. The number of benzene rings is 1. The monoisotopic (exact) mass is 351 g/mol. The lowest BCUT2D eigenvalue weighted by Crippen LogP contribution is -2.46. The smallest absolute Gasteiger partial charge is 0.237 e. The van der Waals surface area contributed by atoms with Crippen LogP contribution in [0.15, 0.2) is 42.0 Å². The molecule has 2 aliphatic rings. The Morgan fingerprint density at radius 1 is 1.46 bits per heavy atom. The normalized spacial score (nSPS) is 20.1. The predicted molar refractivity (Wildman–Crippen MR) is 100 cm³/mol. The number of amides is 1. The molecule has 2 N–H and O–H groups in total. The Morgan fingerprint density at radius 2 is 2.31 bits per heavy atom. The summed E-state index contributed by atoms with van der Waals surface area (Å²) in [4.78, 5) is 14.8. The van der Waals surface area contributed by atoms with E-state index in [2.05, 4.69) is 29.6 Å². The number of aliphatic hydroxyl groups is 1. The van der Waals surface area contributed by atoms with Gasteiger partial charge in [-0.3, -0.25) is 4.79 Å². The van der Waals surface area contributed by atoms with Gasteiger partial charge < -0.3 is 15.3 Å². The van der Waals surface area contributed by atoms with Crippen molar-refractivity contribution in [3.63, 3.8) is 0 Å². The summed E-state index contributed by atoms with van der Waals surface area (Å²) in [5.41, 5.74) is 3.97. The molecule has 1 amide bonds. The van der Waals surface area contributed by atoms with Crippen LogP contribution < -0.4 is 5.32 Å². The Hall–Kier alpha value is -2.42. The van der Waals surface area contributed by atoms with Crippen molar-refractivity contribution in [1.82, 2.24) is 10.2 Å². The van der Waals surface area contributed by atoms with Crippen molar-refractivity contribution in [3.05, 3.63) is 58.7 Å². The number of fused-ring (bicyclic) bond motifs is 1. The van der Waals surface area contributed by atoms with E-state index in [1.54, 1.807) is 6.92 Å². The van der Waals surface area contributed by atoms with Gasteiger partial charge in [0.1, 0.15) is 0 Å². The Labute approximate surface area is 154 Å². The van der Waals surface area contributed by atoms with Crippen LogP contribution in [0.1, 0.15) is 42.5 Å². The molecule has 1 heterocycles. The molecule has 0 bridgehead atoms. The maximum atomic E-state index is 12.9. The molecule has 0 aromatic heterocycles. The van der Waals surface area contributed by atoms with Crippen molar-refractivity contribution in [3.8, 4) is 6.07 Å². The van der Waals surface area contributed by atoms with Crippen LogP contribution in [0.2, 0.25) is 0 Å². The number of carbonyl (C=O) groups is 1. The largest absolute Gasteiger partial charge is 0.392 e. The average molecular weight is 351 g/mol. The van der Waals surface area contributed by atoms with Crippen LogP contribution in [0.4, 0.5) is 0 Å². The van der Waals surface area contributed by atoms with Crippen molar-refractivity contribution < 1.29 is 9.90 Å². The second kappa shape index (κ2) is 8.31. The van der Waals surface area contributed by atoms with Gasteiger partial charge in [-0.2, -0.15) is 5.26 Å². The minimum absolute atomic E-state index is 0.00416. The van der Waals surface area contributed by atoms with Gasteiger partial charge in [-0.05, 0) is 49.0 Å². The number of carbonyl (C=O) groups excluding carboxylic acids is 1. The van der Waals surface area contributed by atoms with Gasteiger partial charge in [0.15, 0.2) is 0 Å². The first-order chi connectivity index (χ1) is 12.6. The van der Waals surface area contributed by atoms with Crippen LogP contribution in [0, 0.1) is 11.3 Å². The van der Waals surface area contributed by atoms with Gasteiger partial charge in [-0.1, -0.05) is 30.4 Å². The van der Waals surface area contributed by atoms with E-state index in [4.69, 9.17) is 0 Å². The molecule has 0 radical (unpaired) electrons. The van der Waals surface area contributed by atoms with Crippen LogP contribution >= 0.6 is 0 Å². The maximum Gasteiger partial charge on any atom is 0.237 e. The lowest BCUT2D eigenvalue weighted by Gasteiger charge is -2.40. The fraction of sp³-hybridized carbons (Fsp3) is 0.429. The van der Waals surface area contributed by atoms with Crippen molar-refractivity contribution in [2.24, 2.45) is 0 Å². The van der Waals surface area contributed by atoms with Crippen LogP contribution in [0.3, 0.4) is 0 Å².